The molecule has 0 bridgehead atoms. The zero-order chi connectivity index (χ0) is 9.64. The Balaban J connectivity index is 2.64. The number of rotatable bonds is 0. The Labute approximate surface area is 76.4 Å². The van der Waals surface area contributed by atoms with Gasteiger partial charge >= 0.3 is 11.0 Å². The van der Waals surface area contributed by atoms with E-state index >= 15 is 0 Å². The van der Waals surface area contributed by atoms with Gasteiger partial charge in [-0.1, -0.05) is 11.3 Å². The van der Waals surface area contributed by atoms with Crippen molar-refractivity contribution in [3.05, 3.63) is 14.7 Å². The lowest BCUT2D eigenvalue weighted by atomic mass is 10.7. The second-order valence-corrected chi connectivity index (χ2v) is 3.86. The highest BCUT2D eigenvalue weighted by Gasteiger charge is 2.36. The first-order valence-corrected chi connectivity index (χ1v) is 4.50. The van der Waals surface area contributed by atoms with Gasteiger partial charge in [0, 0.05) is 11.5 Å². The van der Waals surface area contributed by atoms with Crippen LogP contribution in [0.25, 0.3) is 4.96 Å². The predicted octanol–water partition coefficient (Wildman–Crippen LogP) is 1.23. The Bertz CT molecular complexity index is 460. The minimum atomic E-state index is -4.47. The van der Waals surface area contributed by atoms with Crippen LogP contribution in [0.3, 0.4) is 0 Å². The molecule has 0 spiro atoms. The molecule has 0 atom stereocenters. The summed E-state index contributed by atoms with van der Waals surface area (Å²) in [7, 11) is 0. The predicted molar refractivity (Wildman–Crippen MR) is 40.0 cm³/mol. The van der Waals surface area contributed by atoms with Crippen molar-refractivity contribution in [3.63, 3.8) is 0 Å². The quantitative estimate of drug-likeness (QED) is 0.680. The van der Waals surface area contributed by atoms with Crippen molar-refractivity contribution in [1.29, 1.82) is 0 Å². The van der Waals surface area contributed by atoms with E-state index in [1.807, 2.05) is 0 Å². The highest BCUT2D eigenvalue weighted by molar-refractivity contribution is 7.18. The van der Waals surface area contributed by atoms with Crippen LogP contribution in [0.15, 0.2) is 4.79 Å². The molecule has 0 aromatic carbocycles. The summed E-state index contributed by atoms with van der Waals surface area (Å²) in [5, 5.41) is 2.18. The summed E-state index contributed by atoms with van der Waals surface area (Å²) in [5.74, 6) is 0. The Morgan fingerprint density at radius 2 is 2.08 bits per heavy atom. The first-order chi connectivity index (χ1) is 5.97. The fraction of sp³-hybridized carbons (Fsp3) is 0.250. The molecule has 0 saturated carbocycles. The van der Waals surface area contributed by atoms with Crippen molar-refractivity contribution in [2.75, 3.05) is 0 Å². The van der Waals surface area contributed by atoms with Gasteiger partial charge in [0.05, 0.1) is 0 Å². The molecule has 0 unspecified atom stereocenters. The Morgan fingerprint density at radius 1 is 1.38 bits per heavy atom. The zero-order valence-corrected chi connectivity index (χ0v) is 7.33. The molecule has 2 aromatic rings. The van der Waals surface area contributed by atoms with Gasteiger partial charge in [-0.25, -0.2) is 0 Å². The molecule has 2 rings (SSSR count). The fourth-order valence-electron chi connectivity index (χ4n) is 0.683. The van der Waals surface area contributed by atoms with Crippen LogP contribution in [0, 0.1) is 0 Å². The third-order valence-electron chi connectivity index (χ3n) is 1.13. The van der Waals surface area contributed by atoms with E-state index < -0.39 is 16.1 Å². The summed E-state index contributed by atoms with van der Waals surface area (Å²) in [6.07, 6.45) is -4.47. The van der Waals surface area contributed by atoms with E-state index in [4.69, 9.17) is 0 Å². The Hall–Kier alpha value is -0.960. The summed E-state index contributed by atoms with van der Waals surface area (Å²) in [5.41, 5.74) is 0. The van der Waals surface area contributed by atoms with Crippen molar-refractivity contribution in [2.45, 2.75) is 6.18 Å². The van der Waals surface area contributed by atoms with E-state index in [2.05, 4.69) is 10.1 Å². The van der Waals surface area contributed by atoms with Gasteiger partial charge in [-0.2, -0.15) is 22.1 Å². The molecule has 0 fully saturated rings. The molecule has 0 aliphatic rings. The maximum absolute atomic E-state index is 12.0. The topological polar surface area (TPSA) is 47.3 Å². The first kappa shape index (κ1) is 8.63. The first-order valence-electron chi connectivity index (χ1n) is 2.91. The van der Waals surface area contributed by atoms with Gasteiger partial charge in [-0.05, 0) is 0 Å². The second kappa shape index (κ2) is 2.51. The summed E-state index contributed by atoms with van der Waals surface area (Å²) in [6, 6.07) is 0. The van der Waals surface area contributed by atoms with Gasteiger partial charge in [-0.3, -0.25) is 4.79 Å². The smallest absolute Gasteiger partial charge is 0.253 e. The van der Waals surface area contributed by atoms with E-state index in [9.17, 15) is 18.0 Å². The summed E-state index contributed by atoms with van der Waals surface area (Å²) >= 11 is 0.890. The number of nitrogens with zero attached hydrogens (tertiary/aromatic N) is 3. The fourth-order valence-corrected chi connectivity index (χ4v) is 2.19. The Kier molecular flexibility index (Phi) is 1.67. The van der Waals surface area contributed by atoms with Gasteiger partial charge in [0.1, 0.15) is 0 Å². The molecule has 0 saturated heterocycles. The molecular formula is C4F3N3OS2. The SMILES string of the molecule is O=c1nc2sc(C(F)(F)F)nn2s1. The third-order valence-corrected chi connectivity index (χ3v) is 2.87. The maximum atomic E-state index is 12.0. The van der Waals surface area contributed by atoms with Crippen LogP contribution < -0.4 is 4.87 Å². The van der Waals surface area contributed by atoms with Crippen LogP contribution in [0.2, 0.25) is 0 Å². The van der Waals surface area contributed by atoms with E-state index in [0.29, 0.717) is 22.9 Å². The minimum absolute atomic E-state index is 0.0256. The standard InChI is InChI=1S/C4F3N3OS2/c5-4(6,7)1-9-10-2(12-1)8-3(11)13-10. The van der Waals surface area contributed by atoms with E-state index in [1.54, 1.807) is 0 Å². The summed E-state index contributed by atoms with van der Waals surface area (Å²) < 4.78 is 37.0. The van der Waals surface area contributed by atoms with Gasteiger partial charge in [-0.15, -0.1) is 5.10 Å². The van der Waals surface area contributed by atoms with Crippen LogP contribution in [0.5, 0.6) is 0 Å². The largest absolute Gasteiger partial charge is 0.445 e. The molecule has 0 aliphatic carbocycles. The molecular weight excluding hydrogens is 227 g/mol. The lowest BCUT2D eigenvalue weighted by Crippen LogP contribution is -2.04. The van der Waals surface area contributed by atoms with Gasteiger partial charge < -0.3 is 0 Å². The average molecular weight is 227 g/mol. The van der Waals surface area contributed by atoms with Crippen molar-refractivity contribution in [3.8, 4) is 0 Å². The van der Waals surface area contributed by atoms with Gasteiger partial charge in [0.2, 0.25) is 9.97 Å². The monoisotopic (exact) mass is 227 g/mol. The number of fused-ring (bicyclic) bond motifs is 1. The van der Waals surface area contributed by atoms with Crippen LogP contribution >= 0.6 is 22.9 Å². The highest BCUT2D eigenvalue weighted by atomic mass is 32.1. The summed E-state index contributed by atoms with van der Waals surface area (Å²) in [6.45, 7) is 0. The number of halogens is 3. The lowest BCUT2D eigenvalue weighted by molar-refractivity contribution is -0.138. The molecule has 2 heterocycles. The number of hydrogen-bond acceptors (Lipinski definition) is 5. The molecule has 0 aliphatic heterocycles. The number of aromatic nitrogens is 3. The lowest BCUT2D eigenvalue weighted by Gasteiger charge is -1.97. The van der Waals surface area contributed by atoms with Crippen molar-refractivity contribution in [2.24, 2.45) is 0 Å². The molecule has 13 heavy (non-hydrogen) atoms. The molecule has 0 amide bonds. The van der Waals surface area contributed by atoms with Crippen LogP contribution in [0.1, 0.15) is 5.01 Å². The van der Waals surface area contributed by atoms with Crippen molar-refractivity contribution in [1.82, 2.24) is 14.0 Å². The minimum Gasteiger partial charge on any atom is -0.253 e. The van der Waals surface area contributed by atoms with Crippen LogP contribution in [-0.2, 0) is 6.18 Å². The van der Waals surface area contributed by atoms with Gasteiger partial charge in [0.25, 0.3) is 0 Å². The van der Waals surface area contributed by atoms with Crippen LogP contribution in [-0.4, -0.2) is 14.0 Å². The number of hydrogen-bond donors (Lipinski definition) is 0. The maximum Gasteiger partial charge on any atom is 0.445 e. The normalized spacial score (nSPS) is 12.5. The number of alkyl halides is 3. The van der Waals surface area contributed by atoms with Crippen molar-refractivity contribution >= 4 is 27.8 Å². The van der Waals surface area contributed by atoms with E-state index in [0.717, 1.165) is 3.90 Å². The van der Waals surface area contributed by atoms with Gasteiger partial charge in [0.15, 0.2) is 0 Å². The Morgan fingerprint density at radius 3 is 2.62 bits per heavy atom. The molecule has 2 aromatic heterocycles. The third kappa shape index (κ3) is 1.44. The van der Waals surface area contributed by atoms with Crippen molar-refractivity contribution < 1.29 is 13.2 Å². The summed E-state index contributed by atoms with van der Waals surface area (Å²) in [4.78, 5) is 13.3. The zero-order valence-electron chi connectivity index (χ0n) is 5.70. The molecule has 0 N–H and O–H groups in total. The second-order valence-electron chi connectivity index (χ2n) is 2.03. The van der Waals surface area contributed by atoms with E-state index in [1.165, 1.54) is 0 Å². The molecule has 70 valence electrons. The van der Waals surface area contributed by atoms with Crippen LogP contribution in [0.4, 0.5) is 13.2 Å². The molecule has 9 heteroatoms. The molecule has 4 nitrogen and oxygen atoms in total. The molecule has 0 radical (unpaired) electrons. The average Bonchev–Trinajstić information content (AvgIpc) is 2.40. The highest BCUT2D eigenvalue weighted by Crippen LogP contribution is 2.32. The van der Waals surface area contributed by atoms with E-state index in [-0.39, 0.29) is 4.96 Å².